The summed E-state index contributed by atoms with van der Waals surface area (Å²) in [5.74, 6) is 0.782. The van der Waals surface area contributed by atoms with E-state index in [9.17, 15) is 8.42 Å². The molecule has 0 unspecified atom stereocenters. The van der Waals surface area contributed by atoms with Crippen LogP contribution in [0.2, 0.25) is 0 Å². The molecule has 1 heterocycles. The predicted octanol–water partition coefficient (Wildman–Crippen LogP) is 0.866. The number of hydrogen-bond donors (Lipinski definition) is 2. The van der Waals surface area contributed by atoms with Gasteiger partial charge in [-0.15, -0.1) is 0 Å². The van der Waals surface area contributed by atoms with E-state index in [0.717, 1.165) is 45.6 Å². The molecular formula is C17H36N4O3S. The Bertz CT molecular complexity index is 506. The Morgan fingerprint density at radius 2 is 1.92 bits per heavy atom. The van der Waals surface area contributed by atoms with Crippen molar-refractivity contribution in [2.75, 3.05) is 52.2 Å². The van der Waals surface area contributed by atoms with Gasteiger partial charge in [0.1, 0.15) is 0 Å². The van der Waals surface area contributed by atoms with Crippen molar-refractivity contribution in [3.63, 3.8) is 0 Å². The number of sulfone groups is 1. The van der Waals surface area contributed by atoms with Gasteiger partial charge in [-0.25, -0.2) is 8.42 Å². The summed E-state index contributed by atoms with van der Waals surface area (Å²) >= 11 is 0. The molecule has 25 heavy (non-hydrogen) atoms. The number of nitrogens with zero attached hydrogens (tertiary/aromatic N) is 2. The molecule has 0 atom stereocenters. The smallest absolute Gasteiger partial charge is 0.191 e. The van der Waals surface area contributed by atoms with E-state index >= 15 is 0 Å². The fraction of sp³-hybridized carbons (Fsp3) is 0.941. The lowest BCUT2D eigenvalue weighted by Crippen LogP contribution is -2.49. The maximum Gasteiger partial charge on any atom is 0.191 e. The highest BCUT2D eigenvalue weighted by Gasteiger charge is 2.28. The van der Waals surface area contributed by atoms with Crippen molar-refractivity contribution in [1.82, 2.24) is 15.5 Å². The van der Waals surface area contributed by atoms with Crippen molar-refractivity contribution < 1.29 is 13.2 Å². The van der Waals surface area contributed by atoms with Crippen molar-refractivity contribution >= 4 is 15.8 Å². The van der Waals surface area contributed by atoms with Gasteiger partial charge in [-0.1, -0.05) is 0 Å². The number of piperidine rings is 1. The minimum atomic E-state index is -3.14. The summed E-state index contributed by atoms with van der Waals surface area (Å²) in [6.07, 6.45) is 2.10. The number of ether oxygens (including phenoxy) is 1. The first kappa shape index (κ1) is 22.2. The topological polar surface area (TPSA) is 83.0 Å². The van der Waals surface area contributed by atoms with E-state index in [1.165, 1.54) is 0 Å². The molecule has 0 radical (unpaired) electrons. The summed E-state index contributed by atoms with van der Waals surface area (Å²) in [5, 5.41) is 6.66. The molecule has 2 N–H and O–H groups in total. The van der Waals surface area contributed by atoms with Gasteiger partial charge >= 0.3 is 0 Å². The third-order valence-electron chi connectivity index (χ3n) is 4.45. The molecule has 0 amide bonds. The van der Waals surface area contributed by atoms with Gasteiger partial charge in [0.05, 0.1) is 23.7 Å². The van der Waals surface area contributed by atoms with Crippen LogP contribution in [0.25, 0.3) is 0 Å². The van der Waals surface area contributed by atoms with Gasteiger partial charge in [0.25, 0.3) is 0 Å². The van der Waals surface area contributed by atoms with Gasteiger partial charge in [0.15, 0.2) is 15.8 Å². The van der Waals surface area contributed by atoms with Crippen molar-refractivity contribution in [2.45, 2.75) is 51.3 Å². The predicted molar refractivity (Wildman–Crippen MR) is 104 cm³/mol. The second kappa shape index (κ2) is 10.3. The minimum absolute atomic E-state index is 0.0720. The summed E-state index contributed by atoms with van der Waals surface area (Å²) in [6, 6.07) is 0.371. The van der Waals surface area contributed by atoms with E-state index in [-0.39, 0.29) is 12.3 Å². The highest BCUT2D eigenvalue weighted by molar-refractivity contribution is 7.92. The van der Waals surface area contributed by atoms with Crippen molar-refractivity contribution in [3.05, 3.63) is 0 Å². The molecule has 1 aliphatic rings. The van der Waals surface area contributed by atoms with E-state index < -0.39 is 14.6 Å². The summed E-state index contributed by atoms with van der Waals surface area (Å²) in [5.41, 5.74) is 0. The second-order valence-corrected chi connectivity index (χ2v) is 10.3. The third-order valence-corrected chi connectivity index (χ3v) is 7.03. The fourth-order valence-electron chi connectivity index (χ4n) is 2.62. The van der Waals surface area contributed by atoms with Crippen molar-refractivity contribution in [3.8, 4) is 0 Å². The molecule has 0 aliphatic carbocycles. The maximum atomic E-state index is 12.2. The summed E-state index contributed by atoms with van der Waals surface area (Å²) in [6.45, 7) is 12.1. The van der Waals surface area contributed by atoms with Crippen LogP contribution in [0.5, 0.6) is 0 Å². The number of guanidine groups is 1. The second-order valence-electron chi connectivity index (χ2n) is 7.44. The van der Waals surface area contributed by atoms with Gasteiger partial charge in [0, 0.05) is 39.3 Å². The lowest BCUT2D eigenvalue weighted by atomic mass is 10.1. The van der Waals surface area contributed by atoms with Crippen molar-refractivity contribution in [1.29, 1.82) is 0 Å². The largest absolute Gasteiger partial charge is 0.383 e. The first-order chi connectivity index (χ1) is 11.7. The number of hydrogen-bond acceptors (Lipinski definition) is 5. The summed E-state index contributed by atoms with van der Waals surface area (Å²) in [7, 11) is -1.41. The molecule has 1 aliphatic heterocycles. The SMILES string of the molecule is CCNC(=NCCS(=O)(=O)C(C)(C)C)NC1CCN(CCOC)CC1. The Kier molecular flexibility index (Phi) is 9.16. The fourth-order valence-corrected chi connectivity index (χ4v) is 3.56. The Hall–Kier alpha value is -0.860. The number of methoxy groups -OCH3 is 1. The van der Waals surface area contributed by atoms with Crippen LogP contribution in [0.15, 0.2) is 4.99 Å². The van der Waals surface area contributed by atoms with Gasteiger partial charge < -0.3 is 20.3 Å². The van der Waals surface area contributed by atoms with Crippen molar-refractivity contribution in [2.24, 2.45) is 4.99 Å². The molecule has 0 bridgehead atoms. The monoisotopic (exact) mass is 376 g/mol. The summed E-state index contributed by atoms with van der Waals surface area (Å²) < 4.78 is 28.8. The molecule has 1 fully saturated rings. The maximum absolute atomic E-state index is 12.2. The van der Waals surface area contributed by atoms with Crippen LogP contribution in [0.1, 0.15) is 40.5 Å². The van der Waals surface area contributed by atoms with Gasteiger partial charge in [-0.2, -0.15) is 0 Å². The van der Waals surface area contributed by atoms with Crippen LogP contribution in [0.3, 0.4) is 0 Å². The van der Waals surface area contributed by atoms with E-state index in [2.05, 4.69) is 20.5 Å². The Labute approximate surface area is 153 Å². The Morgan fingerprint density at radius 3 is 2.44 bits per heavy atom. The van der Waals surface area contributed by atoms with Gasteiger partial charge in [-0.05, 0) is 40.5 Å². The lowest BCUT2D eigenvalue weighted by Gasteiger charge is -2.32. The lowest BCUT2D eigenvalue weighted by molar-refractivity contribution is 0.128. The number of rotatable bonds is 8. The van der Waals surface area contributed by atoms with Crippen LogP contribution < -0.4 is 10.6 Å². The van der Waals surface area contributed by atoms with E-state index in [4.69, 9.17) is 4.74 Å². The van der Waals surface area contributed by atoms with E-state index in [1.54, 1.807) is 27.9 Å². The summed E-state index contributed by atoms with van der Waals surface area (Å²) in [4.78, 5) is 6.86. The van der Waals surface area contributed by atoms with E-state index in [1.807, 2.05) is 6.92 Å². The Balaban J connectivity index is 2.49. The zero-order valence-electron chi connectivity index (χ0n) is 16.5. The standard InChI is InChI=1S/C17H36N4O3S/c1-6-18-16(19-9-14-25(22,23)17(2,3)4)20-15-7-10-21(11-8-15)12-13-24-5/h15H,6-14H2,1-5H3,(H2,18,19,20). The molecule has 148 valence electrons. The minimum Gasteiger partial charge on any atom is -0.383 e. The molecule has 0 aromatic rings. The zero-order valence-corrected chi connectivity index (χ0v) is 17.3. The third kappa shape index (κ3) is 7.92. The molecule has 0 aromatic heterocycles. The Morgan fingerprint density at radius 1 is 1.28 bits per heavy atom. The number of likely N-dealkylation sites (tertiary alicyclic amines) is 1. The van der Waals surface area contributed by atoms with E-state index in [0.29, 0.717) is 12.0 Å². The molecule has 0 saturated carbocycles. The molecule has 7 nitrogen and oxygen atoms in total. The first-order valence-corrected chi connectivity index (χ1v) is 10.8. The zero-order chi connectivity index (χ0) is 18.9. The molecule has 0 aromatic carbocycles. The number of aliphatic imine (C=N–C) groups is 1. The van der Waals surface area contributed by atoms with Crippen LogP contribution in [-0.2, 0) is 14.6 Å². The number of nitrogens with one attached hydrogen (secondary N) is 2. The quantitative estimate of drug-likeness (QED) is 0.483. The van der Waals surface area contributed by atoms with Crippen LogP contribution >= 0.6 is 0 Å². The molecule has 0 spiro atoms. The average Bonchev–Trinajstić information content (AvgIpc) is 2.53. The van der Waals surface area contributed by atoms with Gasteiger partial charge in [-0.3, -0.25) is 4.99 Å². The highest BCUT2D eigenvalue weighted by atomic mass is 32.2. The van der Waals surface area contributed by atoms with Gasteiger partial charge in [0.2, 0.25) is 0 Å². The van der Waals surface area contributed by atoms with Crippen LogP contribution in [0, 0.1) is 0 Å². The average molecular weight is 377 g/mol. The normalized spacial score (nSPS) is 18.4. The first-order valence-electron chi connectivity index (χ1n) is 9.18. The van der Waals surface area contributed by atoms with Crippen LogP contribution in [0.4, 0.5) is 0 Å². The molecular weight excluding hydrogens is 340 g/mol. The van der Waals surface area contributed by atoms with Crippen LogP contribution in [-0.4, -0.2) is 82.3 Å². The highest BCUT2D eigenvalue weighted by Crippen LogP contribution is 2.15. The molecule has 1 rings (SSSR count). The molecule has 1 saturated heterocycles. The molecule has 8 heteroatoms.